The van der Waals surface area contributed by atoms with Crippen molar-refractivity contribution in [2.75, 3.05) is 10.6 Å². The summed E-state index contributed by atoms with van der Waals surface area (Å²) in [6, 6.07) is 22.1. The Morgan fingerprint density at radius 3 is 2.39 bits per heavy atom. The van der Waals surface area contributed by atoms with Gasteiger partial charge in [0.2, 0.25) is 5.91 Å². The third-order valence-electron chi connectivity index (χ3n) is 4.91. The standard InChI is InChI=1S/C25H20ClN3O2/c1-15-7-12-19(13-23(15)27-16(2)30)28-25(31)21-14-24(17-8-10-18(26)11-9-17)29-22-6-4-3-5-20(21)22/h3-14H,1-2H3,(H,27,30)(H,28,31). The van der Waals surface area contributed by atoms with Crippen LogP contribution in [0, 0.1) is 6.92 Å². The van der Waals surface area contributed by atoms with Gasteiger partial charge in [-0.2, -0.15) is 0 Å². The largest absolute Gasteiger partial charge is 0.326 e. The number of carbonyl (C=O) groups excluding carboxylic acids is 2. The Morgan fingerprint density at radius 1 is 0.903 bits per heavy atom. The number of rotatable bonds is 4. The molecular formula is C25H20ClN3O2. The molecule has 31 heavy (non-hydrogen) atoms. The number of nitrogens with one attached hydrogen (secondary N) is 2. The predicted octanol–water partition coefficient (Wildman–Crippen LogP) is 6.07. The van der Waals surface area contributed by atoms with Gasteiger partial charge in [0.05, 0.1) is 16.8 Å². The Morgan fingerprint density at radius 2 is 1.65 bits per heavy atom. The highest BCUT2D eigenvalue weighted by molar-refractivity contribution is 6.30. The molecule has 0 aliphatic heterocycles. The number of para-hydroxylation sites is 1. The lowest BCUT2D eigenvalue weighted by Crippen LogP contribution is -2.14. The summed E-state index contributed by atoms with van der Waals surface area (Å²) in [6.45, 7) is 3.34. The van der Waals surface area contributed by atoms with Crippen LogP contribution < -0.4 is 10.6 Å². The quantitative estimate of drug-likeness (QED) is 0.413. The first-order chi connectivity index (χ1) is 14.9. The first-order valence-corrected chi connectivity index (χ1v) is 10.1. The molecule has 0 aliphatic carbocycles. The van der Waals surface area contributed by atoms with E-state index in [0.717, 1.165) is 22.0 Å². The van der Waals surface area contributed by atoms with E-state index in [0.29, 0.717) is 27.7 Å². The fourth-order valence-corrected chi connectivity index (χ4v) is 3.48. The lowest BCUT2D eigenvalue weighted by molar-refractivity contribution is -0.114. The van der Waals surface area contributed by atoms with E-state index in [1.165, 1.54) is 6.92 Å². The Bertz CT molecular complexity index is 1300. The molecule has 0 saturated heterocycles. The van der Waals surface area contributed by atoms with Crippen molar-refractivity contribution in [2.45, 2.75) is 13.8 Å². The number of fused-ring (bicyclic) bond motifs is 1. The van der Waals surface area contributed by atoms with Crippen LogP contribution in [-0.2, 0) is 4.79 Å². The molecule has 1 aromatic heterocycles. The number of nitrogens with zero attached hydrogens (tertiary/aromatic N) is 1. The van der Waals surface area contributed by atoms with Gasteiger partial charge in [0.15, 0.2) is 0 Å². The molecule has 2 N–H and O–H groups in total. The van der Waals surface area contributed by atoms with Gasteiger partial charge in [-0.1, -0.05) is 48.0 Å². The number of aryl methyl sites for hydroxylation is 1. The topological polar surface area (TPSA) is 71.1 Å². The number of benzene rings is 3. The minimum Gasteiger partial charge on any atom is -0.326 e. The van der Waals surface area contributed by atoms with Gasteiger partial charge >= 0.3 is 0 Å². The highest BCUT2D eigenvalue weighted by Gasteiger charge is 2.15. The second-order valence-electron chi connectivity index (χ2n) is 7.24. The molecule has 154 valence electrons. The molecular weight excluding hydrogens is 410 g/mol. The Hall–Kier alpha value is -3.70. The second-order valence-corrected chi connectivity index (χ2v) is 7.68. The van der Waals surface area contributed by atoms with Crippen LogP contribution in [0.2, 0.25) is 5.02 Å². The molecule has 0 bridgehead atoms. The Balaban J connectivity index is 1.74. The van der Waals surface area contributed by atoms with Gasteiger partial charge in [-0.05, 0) is 48.9 Å². The van der Waals surface area contributed by atoms with Gasteiger partial charge in [-0.15, -0.1) is 0 Å². The van der Waals surface area contributed by atoms with Crippen molar-refractivity contribution in [1.82, 2.24) is 4.98 Å². The van der Waals surface area contributed by atoms with Gasteiger partial charge < -0.3 is 10.6 Å². The summed E-state index contributed by atoms with van der Waals surface area (Å²) in [5.41, 5.74) is 4.95. The maximum atomic E-state index is 13.2. The van der Waals surface area contributed by atoms with Gasteiger partial charge in [-0.3, -0.25) is 9.59 Å². The number of anilines is 2. The van der Waals surface area contributed by atoms with E-state index in [4.69, 9.17) is 16.6 Å². The molecule has 0 spiro atoms. The van der Waals surface area contributed by atoms with Crippen molar-refractivity contribution < 1.29 is 9.59 Å². The molecule has 4 aromatic rings. The van der Waals surface area contributed by atoms with E-state index in [2.05, 4.69) is 10.6 Å². The normalized spacial score (nSPS) is 10.7. The third-order valence-corrected chi connectivity index (χ3v) is 5.16. The summed E-state index contributed by atoms with van der Waals surface area (Å²) >= 11 is 6.01. The predicted molar refractivity (Wildman–Crippen MR) is 126 cm³/mol. The maximum absolute atomic E-state index is 13.2. The van der Waals surface area contributed by atoms with E-state index in [-0.39, 0.29) is 11.8 Å². The van der Waals surface area contributed by atoms with Crippen LogP contribution >= 0.6 is 11.6 Å². The van der Waals surface area contributed by atoms with E-state index in [1.54, 1.807) is 24.3 Å². The number of hydrogen-bond acceptors (Lipinski definition) is 3. The summed E-state index contributed by atoms with van der Waals surface area (Å²) in [6.07, 6.45) is 0. The Labute approximate surface area is 185 Å². The first-order valence-electron chi connectivity index (χ1n) is 9.76. The molecule has 3 aromatic carbocycles. The smallest absolute Gasteiger partial charge is 0.256 e. The molecule has 6 heteroatoms. The van der Waals surface area contributed by atoms with Crippen LogP contribution in [0.15, 0.2) is 72.8 Å². The van der Waals surface area contributed by atoms with E-state index >= 15 is 0 Å². The van der Waals surface area contributed by atoms with Gasteiger partial charge in [0, 0.05) is 34.3 Å². The van der Waals surface area contributed by atoms with Crippen molar-refractivity contribution in [2.24, 2.45) is 0 Å². The van der Waals surface area contributed by atoms with Crippen molar-refractivity contribution in [3.8, 4) is 11.3 Å². The Kier molecular flexibility index (Phi) is 5.69. The lowest BCUT2D eigenvalue weighted by atomic mass is 10.0. The summed E-state index contributed by atoms with van der Waals surface area (Å²) in [4.78, 5) is 29.4. The van der Waals surface area contributed by atoms with Crippen LogP contribution in [0.4, 0.5) is 11.4 Å². The maximum Gasteiger partial charge on any atom is 0.256 e. The fraction of sp³-hybridized carbons (Fsp3) is 0.0800. The minimum absolute atomic E-state index is 0.167. The molecule has 0 saturated carbocycles. The molecule has 0 aliphatic rings. The average Bonchev–Trinajstić information content (AvgIpc) is 2.75. The van der Waals surface area contributed by atoms with Crippen LogP contribution in [-0.4, -0.2) is 16.8 Å². The van der Waals surface area contributed by atoms with Crippen LogP contribution in [0.5, 0.6) is 0 Å². The monoisotopic (exact) mass is 429 g/mol. The van der Waals surface area contributed by atoms with Crippen molar-refractivity contribution in [3.63, 3.8) is 0 Å². The van der Waals surface area contributed by atoms with Crippen molar-refractivity contribution >= 4 is 45.7 Å². The zero-order valence-corrected chi connectivity index (χ0v) is 17.8. The van der Waals surface area contributed by atoms with Gasteiger partial charge in [-0.25, -0.2) is 4.98 Å². The molecule has 0 unspecified atom stereocenters. The number of halogens is 1. The zero-order chi connectivity index (χ0) is 22.0. The van der Waals surface area contributed by atoms with E-state index in [9.17, 15) is 9.59 Å². The summed E-state index contributed by atoms with van der Waals surface area (Å²) in [5.74, 6) is -0.425. The highest BCUT2D eigenvalue weighted by atomic mass is 35.5. The number of carbonyl (C=O) groups is 2. The van der Waals surface area contributed by atoms with Gasteiger partial charge in [0.25, 0.3) is 5.91 Å². The molecule has 4 rings (SSSR count). The highest BCUT2D eigenvalue weighted by Crippen LogP contribution is 2.27. The van der Waals surface area contributed by atoms with Crippen molar-refractivity contribution in [1.29, 1.82) is 0 Å². The molecule has 2 amide bonds. The van der Waals surface area contributed by atoms with Crippen LogP contribution in [0.1, 0.15) is 22.8 Å². The summed E-state index contributed by atoms with van der Waals surface area (Å²) in [7, 11) is 0. The number of hydrogen-bond donors (Lipinski definition) is 2. The fourth-order valence-electron chi connectivity index (χ4n) is 3.35. The molecule has 0 radical (unpaired) electrons. The third kappa shape index (κ3) is 4.57. The first kappa shape index (κ1) is 20.6. The second kappa shape index (κ2) is 8.58. The summed E-state index contributed by atoms with van der Waals surface area (Å²) in [5, 5.41) is 7.11. The van der Waals surface area contributed by atoms with E-state index in [1.807, 2.05) is 55.5 Å². The molecule has 0 fully saturated rings. The van der Waals surface area contributed by atoms with Crippen molar-refractivity contribution in [3.05, 3.63) is 88.9 Å². The SMILES string of the molecule is CC(=O)Nc1cc(NC(=O)c2cc(-c3ccc(Cl)cc3)nc3ccccc23)ccc1C. The molecule has 0 atom stereocenters. The van der Waals surface area contributed by atoms with Gasteiger partial charge in [0.1, 0.15) is 0 Å². The summed E-state index contributed by atoms with van der Waals surface area (Å²) < 4.78 is 0. The molecule has 5 nitrogen and oxygen atoms in total. The zero-order valence-electron chi connectivity index (χ0n) is 17.1. The number of pyridine rings is 1. The van der Waals surface area contributed by atoms with Crippen LogP contribution in [0.3, 0.4) is 0 Å². The minimum atomic E-state index is -0.258. The molecule has 1 heterocycles. The number of aromatic nitrogens is 1. The van der Waals surface area contributed by atoms with Crippen LogP contribution in [0.25, 0.3) is 22.2 Å². The average molecular weight is 430 g/mol. The number of amides is 2. The van der Waals surface area contributed by atoms with E-state index < -0.39 is 0 Å². The lowest BCUT2D eigenvalue weighted by Gasteiger charge is -2.13.